The standard InChI is InChI=1S/C16H13ClN2O3S/c17-14-5-2-11(23-14)3-6-15-18-16(19-22-15)10-1-4-12-13(9-10)21-8-7-20-12/h1-2,4-5,9H,3,6-8H2. The molecule has 0 unspecified atom stereocenters. The molecule has 1 aromatic carbocycles. The molecule has 0 atom stereocenters. The fourth-order valence-electron chi connectivity index (χ4n) is 2.37. The first-order valence-electron chi connectivity index (χ1n) is 7.25. The van der Waals surface area contributed by atoms with Crippen LogP contribution in [0.5, 0.6) is 11.5 Å². The summed E-state index contributed by atoms with van der Waals surface area (Å²) >= 11 is 7.50. The third kappa shape index (κ3) is 3.18. The number of fused-ring (bicyclic) bond motifs is 1. The van der Waals surface area contributed by atoms with Crippen LogP contribution >= 0.6 is 22.9 Å². The highest BCUT2D eigenvalue weighted by Gasteiger charge is 2.15. The van der Waals surface area contributed by atoms with Crippen LogP contribution in [-0.2, 0) is 12.8 Å². The molecule has 1 aliphatic rings. The molecule has 0 saturated carbocycles. The van der Waals surface area contributed by atoms with E-state index in [0.717, 1.165) is 22.1 Å². The predicted octanol–water partition coefficient (Wildman–Crippen LogP) is 4.01. The molecule has 0 amide bonds. The summed E-state index contributed by atoms with van der Waals surface area (Å²) in [5, 5.41) is 4.05. The number of thiophene rings is 1. The molecule has 23 heavy (non-hydrogen) atoms. The summed E-state index contributed by atoms with van der Waals surface area (Å²) in [5.74, 6) is 2.63. The summed E-state index contributed by atoms with van der Waals surface area (Å²) in [5.41, 5.74) is 0.850. The number of aryl methyl sites for hydroxylation is 2. The van der Waals surface area contributed by atoms with Crippen LogP contribution in [0.15, 0.2) is 34.9 Å². The molecule has 0 aliphatic carbocycles. The van der Waals surface area contributed by atoms with Gasteiger partial charge in [0.25, 0.3) is 0 Å². The monoisotopic (exact) mass is 348 g/mol. The van der Waals surface area contributed by atoms with Crippen molar-refractivity contribution in [2.24, 2.45) is 0 Å². The molecule has 0 spiro atoms. The van der Waals surface area contributed by atoms with Gasteiger partial charge in [-0.25, -0.2) is 0 Å². The lowest BCUT2D eigenvalue weighted by Gasteiger charge is -2.18. The average Bonchev–Trinajstić information content (AvgIpc) is 3.21. The van der Waals surface area contributed by atoms with Crippen LogP contribution in [-0.4, -0.2) is 23.4 Å². The number of rotatable bonds is 4. The van der Waals surface area contributed by atoms with E-state index in [4.69, 9.17) is 25.6 Å². The molecule has 3 aromatic rings. The van der Waals surface area contributed by atoms with Gasteiger partial charge in [0, 0.05) is 16.9 Å². The zero-order chi connectivity index (χ0) is 15.6. The van der Waals surface area contributed by atoms with E-state index in [2.05, 4.69) is 10.1 Å². The normalized spacial score (nSPS) is 13.3. The Balaban J connectivity index is 1.49. The van der Waals surface area contributed by atoms with Crippen LogP contribution in [0.4, 0.5) is 0 Å². The Bertz CT molecular complexity index is 830. The molecule has 0 N–H and O–H groups in total. The fourth-order valence-corrected chi connectivity index (χ4v) is 3.46. The zero-order valence-corrected chi connectivity index (χ0v) is 13.7. The van der Waals surface area contributed by atoms with Gasteiger partial charge in [0.15, 0.2) is 11.5 Å². The highest BCUT2D eigenvalue weighted by Crippen LogP contribution is 2.33. The number of nitrogens with zero attached hydrogens (tertiary/aromatic N) is 2. The van der Waals surface area contributed by atoms with Crippen molar-refractivity contribution in [3.8, 4) is 22.9 Å². The Labute approximate surface area is 141 Å². The Hall–Kier alpha value is -2.05. The van der Waals surface area contributed by atoms with Crippen molar-refractivity contribution < 1.29 is 14.0 Å². The second kappa shape index (κ2) is 6.22. The third-order valence-corrected chi connectivity index (χ3v) is 4.77. The molecule has 0 bridgehead atoms. The highest BCUT2D eigenvalue weighted by atomic mass is 35.5. The minimum absolute atomic E-state index is 0.553. The second-order valence-electron chi connectivity index (χ2n) is 5.08. The lowest BCUT2D eigenvalue weighted by molar-refractivity contribution is 0.171. The lowest BCUT2D eigenvalue weighted by Crippen LogP contribution is -2.15. The minimum atomic E-state index is 0.553. The highest BCUT2D eigenvalue weighted by molar-refractivity contribution is 7.16. The van der Waals surface area contributed by atoms with Crippen LogP contribution in [0, 0.1) is 0 Å². The van der Waals surface area contributed by atoms with Gasteiger partial charge in [0.05, 0.1) is 4.34 Å². The summed E-state index contributed by atoms with van der Waals surface area (Å²) in [6, 6.07) is 9.57. The second-order valence-corrected chi connectivity index (χ2v) is 6.88. The van der Waals surface area contributed by atoms with E-state index in [1.165, 1.54) is 4.88 Å². The Kier molecular flexibility index (Phi) is 3.93. The van der Waals surface area contributed by atoms with Gasteiger partial charge in [-0.1, -0.05) is 16.8 Å². The lowest BCUT2D eigenvalue weighted by atomic mass is 10.2. The van der Waals surface area contributed by atoms with E-state index in [1.54, 1.807) is 11.3 Å². The average molecular weight is 349 g/mol. The Morgan fingerprint density at radius 1 is 1.04 bits per heavy atom. The predicted molar refractivity (Wildman–Crippen MR) is 87.5 cm³/mol. The van der Waals surface area contributed by atoms with Crippen LogP contribution in [0.1, 0.15) is 10.8 Å². The van der Waals surface area contributed by atoms with Crippen LogP contribution < -0.4 is 9.47 Å². The summed E-state index contributed by atoms with van der Waals surface area (Å²) in [4.78, 5) is 5.65. The largest absolute Gasteiger partial charge is 0.486 e. The molecule has 1 aliphatic heterocycles. The number of halogens is 1. The van der Waals surface area contributed by atoms with Crippen LogP contribution in [0.25, 0.3) is 11.4 Å². The van der Waals surface area contributed by atoms with E-state index in [1.807, 2.05) is 30.3 Å². The third-order valence-electron chi connectivity index (χ3n) is 3.48. The smallest absolute Gasteiger partial charge is 0.227 e. The van der Waals surface area contributed by atoms with Gasteiger partial charge in [0.1, 0.15) is 13.2 Å². The Morgan fingerprint density at radius 3 is 2.74 bits per heavy atom. The molecule has 0 radical (unpaired) electrons. The topological polar surface area (TPSA) is 57.4 Å². The van der Waals surface area contributed by atoms with Crippen molar-refractivity contribution in [3.05, 3.63) is 45.4 Å². The summed E-state index contributed by atoms with van der Waals surface area (Å²) in [6.07, 6.45) is 1.52. The molecule has 118 valence electrons. The van der Waals surface area contributed by atoms with E-state index in [-0.39, 0.29) is 0 Å². The van der Waals surface area contributed by atoms with Crippen molar-refractivity contribution in [1.29, 1.82) is 0 Å². The maximum atomic E-state index is 5.93. The molecule has 7 heteroatoms. The molecule has 3 heterocycles. The number of hydrogen-bond acceptors (Lipinski definition) is 6. The van der Waals surface area contributed by atoms with Crippen molar-refractivity contribution in [2.45, 2.75) is 12.8 Å². The SMILES string of the molecule is Clc1ccc(CCc2nc(-c3ccc4c(c3)OCCO4)no2)s1. The number of benzene rings is 1. The van der Waals surface area contributed by atoms with Crippen LogP contribution in [0.3, 0.4) is 0 Å². The van der Waals surface area contributed by atoms with E-state index in [0.29, 0.717) is 37.1 Å². The molecule has 4 rings (SSSR count). The van der Waals surface area contributed by atoms with Gasteiger partial charge in [0.2, 0.25) is 11.7 Å². The molecule has 0 saturated heterocycles. The number of ether oxygens (including phenoxy) is 2. The number of hydrogen-bond donors (Lipinski definition) is 0. The quantitative estimate of drug-likeness (QED) is 0.713. The minimum Gasteiger partial charge on any atom is -0.486 e. The van der Waals surface area contributed by atoms with Crippen molar-refractivity contribution >= 4 is 22.9 Å². The van der Waals surface area contributed by atoms with Crippen LogP contribution in [0.2, 0.25) is 4.34 Å². The first-order valence-corrected chi connectivity index (χ1v) is 8.44. The zero-order valence-electron chi connectivity index (χ0n) is 12.1. The first-order chi connectivity index (χ1) is 11.3. The van der Waals surface area contributed by atoms with Crippen molar-refractivity contribution in [3.63, 3.8) is 0 Å². The van der Waals surface area contributed by atoms with E-state index >= 15 is 0 Å². The molecular formula is C16H13ClN2O3S. The van der Waals surface area contributed by atoms with E-state index in [9.17, 15) is 0 Å². The first kappa shape index (κ1) is 14.5. The summed E-state index contributed by atoms with van der Waals surface area (Å²) in [7, 11) is 0. The van der Waals surface area contributed by atoms with Gasteiger partial charge >= 0.3 is 0 Å². The maximum absolute atomic E-state index is 5.93. The molecule has 0 fully saturated rings. The van der Waals surface area contributed by atoms with E-state index < -0.39 is 0 Å². The Morgan fingerprint density at radius 2 is 1.91 bits per heavy atom. The maximum Gasteiger partial charge on any atom is 0.227 e. The van der Waals surface area contributed by atoms with Gasteiger partial charge in [-0.2, -0.15) is 4.98 Å². The fraction of sp³-hybridized carbons (Fsp3) is 0.250. The van der Waals surface area contributed by atoms with Crippen molar-refractivity contribution in [2.75, 3.05) is 13.2 Å². The van der Waals surface area contributed by atoms with Gasteiger partial charge in [-0.3, -0.25) is 0 Å². The van der Waals surface area contributed by atoms with Gasteiger partial charge < -0.3 is 14.0 Å². The van der Waals surface area contributed by atoms with Crippen molar-refractivity contribution in [1.82, 2.24) is 10.1 Å². The summed E-state index contributed by atoms with van der Waals surface area (Å²) < 4.78 is 17.2. The summed E-state index contributed by atoms with van der Waals surface area (Å²) in [6.45, 7) is 1.13. The number of aromatic nitrogens is 2. The molecule has 2 aromatic heterocycles. The van der Waals surface area contributed by atoms with Gasteiger partial charge in [-0.15, -0.1) is 11.3 Å². The molecular weight excluding hydrogens is 336 g/mol. The van der Waals surface area contributed by atoms with Gasteiger partial charge in [-0.05, 0) is 36.8 Å². The molecule has 5 nitrogen and oxygen atoms in total.